The topological polar surface area (TPSA) is 232 Å². The second kappa shape index (κ2) is 25.4. The van der Waals surface area contributed by atoms with Gasteiger partial charge in [-0.3, -0.25) is 8.98 Å². The van der Waals surface area contributed by atoms with Gasteiger partial charge in [0.25, 0.3) is 0 Å². The average Bonchev–Trinajstić information content (AvgIpc) is 4.15. The Morgan fingerprint density at radius 1 is 0.685 bits per heavy atom. The van der Waals surface area contributed by atoms with E-state index in [2.05, 4.69) is 52.5 Å². The highest BCUT2D eigenvalue weighted by atomic mass is 32.2. The smallest absolute Gasteiger partial charge is 0.393 e. The lowest BCUT2D eigenvalue weighted by Gasteiger charge is -2.32. The van der Waals surface area contributed by atoms with Crippen LogP contribution in [0.15, 0.2) is 5.11 Å². The van der Waals surface area contributed by atoms with Gasteiger partial charge in [-0.2, -0.15) is 34.8 Å². The summed E-state index contributed by atoms with van der Waals surface area (Å²) in [6, 6.07) is -4.04. The van der Waals surface area contributed by atoms with Gasteiger partial charge in [-0.25, -0.2) is 0 Å². The molecule has 0 saturated carbocycles. The lowest BCUT2D eigenvalue weighted by Crippen LogP contribution is -2.50. The van der Waals surface area contributed by atoms with E-state index in [4.69, 9.17) is 73.6 Å². The zero-order chi connectivity index (χ0) is 56.1. The van der Waals surface area contributed by atoms with Crippen LogP contribution in [0.25, 0.3) is 10.4 Å². The van der Waals surface area contributed by atoms with Crippen LogP contribution < -0.4 is 16.0 Å². The number of ether oxygens (including phenoxy) is 5. The summed E-state index contributed by atoms with van der Waals surface area (Å²) in [6.07, 6.45) is -1.78. The molecule has 7 aliphatic rings. The maximum absolute atomic E-state index is 12.3. The summed E-state index contributed by atoms with van der Waals surface area (Å²) >= 11 is 0. The molecule has 7 fully saturated rings. The van der Waals surface area contributed by atoms with Gasteiger partial charge >= 0.3 is 27.7 Å². The van der Waals surface area contributed by atoms with Crippen molar-refractivity contribution < 1.29 is 77.6 Å². The second-order valence-corrected chi connectivity index (χ2v) is 21.5. The van der Waals surface area contributed by atoms with E-state index >= 15 is 0 Å². The summed E-state index contributed by atoms with van der Waals surface area (Å²) in [5.41, 5.74) is 0.630. The summed E-state index contributed by atoms with van der Waals surface area (Å²) in [7, 11) is 22.7. The van der Waals surface area contributed by atoms with E-state index in [1.165, 1.54) is 0 Å². The van der Waals surface area contributed by atoms with Crippen LogP contribution in [0.5, 0.6) is 0 Å². The molecule has 0 unspecified atom stereocenters. The first-order chi connectivity index (χ1) is 33.7. The molecule has 29 heteroatoms. The van der Waals surface area contributed by atoms with Gasteiger partial charge < -0.3 is 49.8 Å². The van der Waals surface area contributed by atoms with Gasteiger partial charge in [0.2, 0.25) is 0 Å². The third-order valence-electron chi connectivity index (χ3n) is 16.8. The number of nitrogens with zero attached hydrogens (tertiary/aromatic N) is 3. The van der Waals surface area contributed by atoms with Crippen LogP contribution in [-0.4, -0.2) is 190 Å². The lowest BCUT2D eigenvalue weighted by molar-refractivity contribution is -0.174. The molecule has 7 rings (SSSR count). The molecule has 17 atom stereocenters. The van der Waals surface area contributed by atoms with E-state index in [1.54, 1.807) is 27.7 Å². The Hall–Kier alpha value is -1.77. The summed E-state index contributed by atoms with van der Waals surface area (Å²) in [6.45, 7) is 22.5. The van der Waals surface area contributed by atoms with Crippen molar-refractivity contribution >= 4 is 55.3 Å². The van der Waals surface area contributed by atoms with Crippen LogP contribution in [0.1, 0.15) is 121 Å². The Balaban J connectivity index is 0.000000244. The number of halogens is 6. The predicted molar refractivity (Wildman–Crippen MR) is 263 cm³/mol. The Morgan fingerprint density at radius 3 is 1.44 bits per heavy atom. The molecule has 10 radical (unpaired) electrons. The molecule has 1 amide bonds. The lowest BCUT2D eigenvalue weighted by atomic mass is 9.78. The number of carbonyl (C=O) groups is 1. The number of amides is 1. The fourth-order valence-corrected chi connectivity index (χ4v) is 12.2. The van der Waals surface area contributed by atoms with Gasteiger partial charge in [0.05, 0.1) is 47.1 Å². The molecule has 408 valence electrons. The molecule has 7 heterocycles. The van der Waals surface area contributed by atoms with Crippen LogP contribution >= 0.6 is 0 Å². The van der Waals surface area contributed by atoms with Crippen molar-refractivity contribution in [2.24, 2.45) is 28.8 Å². The van der Waals surface area contributed by atoms with Crippen LogP contribution in [0, 0.1) is 23.7 Å². The summed E-state index contributed by atoms with van der Waals surface area (Å²) in [4.78, 5) is 13.8. The van der Waals surface area contributed by atoms with Crippen LogP contribution in [0.4, 0.5) is 26.3 Å². The maximum Gasteiger partial charge on any atom is 0.523 e. The number of alkyl halides is 6. The molecule has 17 nitrogen and oxygen atoms in total. The zero-order valence-electron chi connectivity index (χ0n) is 43.7. The minimum atomic E-state index is -5.67. The van der Waals surface area contributed by atoms with Gasteiger partial charge in [0.1, 0.15) is 57.0 Å². The van der Waals surface area contributed by atoms with Crippen molar-refractivity contribution in [1.82, 2.24) is 16.0 Å². The molecule has 7 saturated heterocycles. The van der Waals surface area contributed by atoms with Gasteiger partial charge in [-0.15, -0.1) is 0 Å². The van der Waals surface area contributed by atoms with Gasteiger partial charge in [0, 0.05) is 71.8 Å². The van der Waals surface area contributed by atoms with E-state index in [0.29, 0.717) is 44.2 Å². The molecule has 0 aliphatic carbocycles. The SMILES string of the molecule is [B][C@@H]1OC(CC)(CC)[C@@H](C)[C@@H]1OS(=O)(=O)C(F)(F)F.[B][C@@H]1OC(CC)(CC)[C@@H](C)[C@H]1N=[N+]=[N-].[B][C@@H]1OC(CC)(CC)[C@@H](C)[C@H]1NC(=O)C(F)(F)F.[B][C@@H]1O[C@@]2(CC)CN[C@@H]1[C@@H]2C.[B][C@@H]1O[C@@]2(CO)CN[C@@H]1[C@@H]2O. The zero-order valence-corrected chi connectivity index (χ0v) is 44.5. The monoisotopic (exact) mass is 1060 g/mol. The Bertz CT molecular complexity index is 1930. The van der Waals surface area contributed by atoms with Crippen LogP contribution in [-0.2, 0) is 42.8 Å². The first-order valence-electron chi connectivity index (χ1n) is 25.0. The Labute approximate surface area is 433 Å². The Kier molecular flexibility index (Phi) is 22.8. The van der Waals surface area contributed by atoms with Crippen molar-refractivity contribution in [3.8, 4) is 0 Å². The third-order valence-corrected chi connectivity index (χ3v) is 17.9. The van der Waals surface area contributed by atoms with E-state index in [-0.39, 0.29) is 47.7 Å². The number of rotatable bonds is 12. The number of morpholine rings is 2. The molecule has 0 aromatic rings. The average molecular weight is 1060 g/mol. The standard InChI is InChI=1S/C11H17BF3NO2.C10H16BF3O4S.C9H16BN3O.C8H14BNO.C6H10BNO3/c1-4-10(5-2)6(3)7(8(12)18-10)16-9(17)11(13,14)15;1-4-9(5-2)6(3)7(8(11)17-9)18-19(15,16)10(12,13)14;1-4-9(5-2)6(3)7(12-13-11)8(10)14-9;1-3-8-4-10-6(5(8)2)7(9)11-8;7-5-3-4(10)6(2-9,11-5)1-8-3/h6-8H,4-5H2,1-3H3,(H,16,17);6-8H,4-5H2,1-3H3;6-8H,4-5H2,1-3H3;5-7,10H,3-4H2,1-2H3;3-5,8-10H,1-2H2/t6-,7+,8+;6-,7-,8+;6-,7+,8+;5-,6+,7+,8-;3-,4+,5-,6-/m00001/s1. The quantitative estimate of drug-likeness (QED) is 0.0356. The molecule has 73 heavy (non-hydrogen) atoms. The summed E-state index contributed by atoms with van der Waals surface area (Å²) < 4.78 is 128. The summed E-state index contributed by atoms with van der Waals surface area (Å²) in [5.74, 6) is -2.05. The van der Waals surface area contributed by atoms with E-state index in [9.17, 15) is 44.7 Å². The number of aliphatic hydroxyl groups excluding tert-OH is 2. The van der Waals surface area contributed by atoms with Gasteiger partial charge in [-0.05, 0) is 56.4 Å². The molecular formula is C44H73B5F6N6O11S. The maximum atomic E-state index is 12.3. The fraction of sp³-hybridized carbons (Fsp3) is 0.977. The molecule has 5 N–H and O–H groups in total. The van der Waals surface area contributed by atoms with E-state index < -0.39 is 92.7 Å². The van der Waals surface area contributed by atoms with Crippen molar-refractivity contribution in [2.75, 3.05) is 19.7 Å². The van der Waals surface area contributed by atoms with Crippen molar-refractivity contribution in [2.45, 2.75) is 227 Å². The predicted octanol–water partition coefficient (Wildman–Crippen LogP) is 3.92. The minimum absolute atomic E-state index is 0.0457. The minimum Gasteiger partial charge on any atom is -0.393 e. The van der Waals surface area contributed by atoms with Crippen LogP contribution in [0.2, 0.25) is 0 Å². The number of azide groups is 1. The van der Waals surface area contributed by atoms with E-state index in [1.807, 2.05) is 26.1 Å². The first kappa shape index (κ1) is 65.5. The second-order valence-electron chi connectivity index (χ2n) is 19.9. The van der Waals surface area contributed by atoms with Gasteiger partial charge in [0.15, 0.2) is 0 Å². The van der Waals surface area contributed by atoms with Crippen molar-refractivity contribution in [3.63, 3.8) is 0 Å². The number of hydrogen-bond acceptors (Lipinski definition) is 14. The summed E-state index contributed by atoms with van der Waals surface area (Å²) in [5, 5.41) is 30.5. The highest BCUT2D eigenvalue weighted by molar-refractivity contribution is 7.87. The molecule has 4 bridgehead atoms. The molecule has 0 aromatic carbocycles. The van der Waals surface area contributed by atoms with E-state index in [0.717, 1.165) is 25.8 Å². The number of fused-ring (bicyclic) bond motifs is 4. The molecule has 0 aromatic heterocycles. The highest BCUT2D eigenvalue weighted by Gasteiger charge is 2.59. The Morgan fingerprint density at radius 2 is 1.12 bits per heavy atom. The number of carbonyl (C=O) groups excluding carboxylic acids is 1. The third kappa shape index (κ3) is 13.4. The first-order valence-corrected chi connectivity index (χ1v) is 26.4. The van der Waals surface area contributed by atoms with Crippen LogP contribution in [0.3, 0.4) is 0 Å². The molecule has 0 spiro atoms. The van der Waals surface area contributed by atoms with Crippen molar-refractivity contribution in [3.05, 3.63) is 10.4 Å². The van der Waals surface area contributed by atoms with Crippen molar-refractivity contribution in [1.29, 1.82) is 0 Å². The molecule has 7 aliphatic heterocycles. The fourth-order valence-electron chi connectivity index (χ4n) is 11.5. The normalized spacial score (nSPS) is 39.4. The molecular weight excluding hydrogens is 989 g/mol. The van der Waals surface area contributed by atoms with Gasteiger partial charge in [-0.1, -0.05) is 81.3 Å². The number of hydrogen-bond donors (Lipinski definition) is 5. The highest BCUT2D eigenvalue weighted by Crippen LogP contribution is 2.45. The largest absolute Gasteiger partial charge is 0.523 e. The number of nitrogens with one attached hydrogen (secondary N) is 3. The number of aliphatic hydroxyl groups is 2.